The molecule has 1 fully saturated rings. The van der Waals surface area contributed by atoms with Crippen molar-refractivity contribution in [2.75, 3.05) is 30.5 Å². The lowest BCUT2D eigenvalue weighted by atomic mass is 9.85. The second-order valence-electron chi connectivity index (χ2n) is 12.1. The summed E-state index contributed by atoms with van der Waals surface area (Å²) in [5.74, 6) is -0.482. The van der Waals surface area contributed by atoms with Crippen LogP contribution in [0, 0.1) is 12.8 Å². The third-order valence-electron chi connectivity index (χ3n) is 7.20. The summed E-state index contributed by atoms with van der Waals surface area (Å²) in [5, 5.41) is 11.6. The predicted molar refractivity (Wildman–Crippen MR) is 162 cm³/mol. The van der Waals surface area contributed by atoms with E-state index < -0.39 is 17.7 Å². The molecule has 6 nitrogen and oxygen atoms in total. The quantitative estimate of drug-likeness (QED) is 0.198. The molecule has 1 heterocycles. The van der Waals surface area contributed by atoms with Crippen LogP contribution >= 0.6 is 0 Å². The molecule has 0 radical (unpaired) electrons. The zero-order valence-electron chi connectivity index (χ0n) is 24.8. The van der Waals surface area contributed by atoms with Gasteiger partial charge in [0.2, 0.25) is 0 Å². The van der Waals surface area contributed by atoms with Gasteiger partial charge in [0.25, 0.3) is 11.7 Å². The van der Waals surface area contributed by atoms with Crippen molar-refractivity contribution in [2.45, 2.75) is 53.0 Å². The number of hydrogen-bond donors (Lipinski definition) is 1. The summed E-state index contributed by atoms with van der Waals surface area (Å²) in [5.41, 5.74) is 4.76. The monoisotopic (exact) mass is 540 g/mol. The molecular formula is C34H40N2O4. The largest absolute Gasteiger partial charge is 0.507 e. The molecule has 0 spiro atoms. The number of benzene rings is 3. The average Bonchev–Trinajstić information content (AvgIpc) is 3.17. The van der Waals surface area contributed by atoms with Crippen LogP contribution in [0.1, 0.15) is 62.9 Å². The van der Waals surface area contributed by atoms with Gasteiger partial charge in [0.15, 0.2) is 0 Å². The molecule has 210 valence electrons. The van der Waals surface area contributed by atoms with Gasteiger partial charge >= 0.3 is 0 Å². The molecule has 1 atom stereocenters. The molecule has 0 aliphatic carbocycles. The standard InChI is InChI=1S/C34H40N2O4/c1-21(2)20-40-28-18-11-24(19-22(28)3)31(37)29-30(23-9-12-25(13-10-23)34(4,5)6)36(33(39)32(29)38)27-16-14-26(15-17-27)35(7)8/h9-19,21,30,37H,20H2,1-8H3/b31-29-. The van der Waals surface area contributed by atoms with Crippen molar-refractivity contribution < 1.29 is 19.4 Å². The minimum atomic E-state index is -0.781. The molecule has 40 heavy (non-hydrogen) atoms. The van der Waals surface area contributed by atoms with Crippen molar-refractivity contribution in [1.82, 2.24) is 0 Å². The Hall–Kier alpha value is -4.06. The molecule has 3 aromatic carbocycles. The normalized spacial score (nSPS) is 17.0. The highest BCUT2D eigenvalue weighted by molar-refractivity contribution is 6.51. The van der Waals surface area contributed by atoms with E-state index in [0.717, 1.165) is 28.1 Å². The van der Waals surface area contributed by atoms with Crippen molar-refractivity contribution >= 4 is 28.8 Å². The first-order valence-electron chi connectivity index (χ1n) is 13.7. The highest BCUT2D eigenvalue weighted by atomic mass is 16.5. The summed E-state index contributed by atoms with van der Waals surface area (Å²) in [6, 6.07) is 20.0. The van der Waals surface area contributed by atoms with Gasteiger partial charge in [0, 0.05) is 31.0 Å². The van der Waals surface area contributed by atoms with E-state index >= 15 is 0 Å². The van der Waals surface area contributed by atoms with Crippen molar-refractivity contribution in [3.63, 3.8) is 0 Å². The summed E-state index contributed by atoms with van der Waals surface area (Å²) in [7, 11) is 3.89. The SMILES string of the molecule is Cc1cc(/C(O)=C2/C(=O)C(=O)N(c3ccc(N(C)C)cc3)C2c2ccc(C(C)(C)C)cc2)ccc1OCC(C)C. The molecule has 1 aliphatic heterocycles. The number of ketones is 1. The number of nitrogens with zero attached hydrogens (tertiary/aromatic N) is 2. The Labute approximate surface area is 237 Å². The van der Waals surface area contributed by atoms with Gasteiger partial charge in [-0.15, -0.1) is 0 Å². The Balaban J connectivity index is 1.85. The smallest absolute Gasteiger partial charge is 0.300 e. The van der Waals surface area contributed by atoms with Crippen molar-refractivity contribution in [3.05, 3.63) is 94.6 Å². The van der Waals surface area contributed by atoms with Gasteiger partial charge in [0.1, 0.15) is 11.5 Å². The minimum absolute atomic E-state index is 0.0563. The number of ether oxygens (including phenoxy) is 1. The van der Waals surface area contributed by atoms with Gasteiger partial charge in [-0.1, -0.05) is 58.9 Å². The number of anilines is 2. The lowest BCUT2D eigenvalue weighted by Gasteiger charge is -2.27. The van der Waals surface area contributed by atoms with Gasteiger partial charge in [-0.2, -0.15) is 0 Å². The maximum absolute atomic E-state index is 13.6. The highest BCUT2D eigenvalue weighted by Gasteiger charge is 2.47. The lowest BCUT2D eigenvalue weighted by molar-refractivity contribution is -0.132. The fourth-order valence-corrected chi connectivity index (χ4v) is 4.86. The number of Topliss-reactive ketones (excluding diaryl/α,β-unsaturated/α-hetero) is 1. The highest BCUT2D eigenvalue weighted by Crippen LogP contribution is 2.43. The third-order valence-corrected chi connectivity index (χ3v) is 7.20. The molecule has 1 aliphatic rings. The number of rotatable bonds is 7. The van der Waals surface area contributed by atoms with E-state index in [4.69, 9.17) is 4.74 Å². The fraction of sp³-hybridized carbons (Fsp3) is 0.353. The zero-order valence-corrected chi connectivity index (χ0v) is 24.8. The molecular weight excluding hydrogens is 500 g/mol. The van der Waals surface area contributed by atoms with E-state index in [1.54, 1.807) is 18.2 Å². The number of aliphatic hydroxyl groups is 1. The summed E-state index contributed by atoms with van der Waals surface area (Å²) in [6.45, 7) is 13.0. The number of aliphatic hydroxyl groups excluding tert-OH is 1. The molecule has 0 saturated carbocycles. The van der Waals surface area contributed by atoms with Crippen LogP contribution < -0.4 is 14.5 Å². The Bertz CT molecular complexity index is 1430. The van der Waals surface area contributed by atoms with Gasteiger partial charge in [0.05, 0.1) is 18.2 Å². The number of carbonyl (C=O) groups is 2. The first kappa shape index (κ1) is 28.9. The fourth-order valence-electron chi connectivity index (χ4n) is 4.86. The Kier molecular flexibility index (Phi) is 8.10. The van der Waals surface area contributed by atoms with Gasteiger partial charge in [-0.25, -0.2) is 0 Å². The van der Waals surface area contributed by atoms with Crippen LogP contribution in [0.3, 0.4) is 0 Å². The van der Waals surface area contributed by atoms with Crippen molar-refractivity contribution in [1.29, 1.82) is 0 Å². The summed E-state index contributed by atoms with van der Waals surface area (Å²) >= 11 is 0. The second kappa shape index (κ2) is 11.2. The number of carbonyl (C=O) groups excluding carboxylic acids is 2. The van der Waals surface area contributed by atoms with Crippen molar-refractivity contribution in [3.8, 4) is 5.75 Å². The second-order valence-corrected chi connectivity index (χ2v) is 12.1. The Morgan fingerprint density at radius 2 is 1.60 bits per heavy atom. The molecule has 4 rings (SSSR count). The van der Waals surface area contributed by atoms with Crippen LogP contribution in [-0.4, -0.2) is 37.5 Å². The Morgan fingerprint density at radius 1 is 0.975 bits per heavy atom. The van der Waals surface area contributed by atoms with Gasteiger partial charge in [-0.3, -0.25) is 14.5 Å². The molecule has 6 heteroatoms. The van der Waals surface area contributed by atoms with Crippen LogP contribution in [-0.2, 0) is 15.0 Å². The van der Waals surface area contributed by atoms with E-state index in [9.17, 15) is 14.7 Å². The maximum atomic E-state index is 13.6. The van der Waals surface area contributed by atoms with E-state index in [1.165, 1.54) is 4.90 Å². The molecule has 1 saturated heterocycles. The first-order valence-corrected chi connectivity index (χ1v) is 13.7. The molecule has 0 aromatic heterocycles. The third kappa shape index (κ3) is 5.76. The van der Waals surface area contributed by atoms with Gasteiger partial charge < -0.3 is 14.7 Å². The van der Waals surface area contributed by atoms with Gasteiger partial charge in [-0.05, 0) is 77.4 Å². The van der Waals surface area contributed by atoms with Crippen LogP contribution in [0.25, 0.3) is 5.76 Å². The molecule has 1 N–H and O–H groups in total. The van der Waals surface area contributed by atoms with E-state index in [-0.39, 0.29) is 16.7 Å². The number of amides is 1. The topological polar surface area (TPSA) is 70.1 Å². The molecule has 1 unspecified atom stereocenters. The van der Waals surface area contributed by atoms with E-state index in [0.29, 0.717) is 23.8 Å². The molecule has 0 bridgehead atoms. The minimum Gasteiger partial charge on any atom is -0.507 e. The Morgan fingerprint density at radius 3 is 2.12 bits per heavy atom. The number of hydrogen-bond acceptors (Lipinski definition) is 5. The van der Waals surface area contributed by atoms with Crippen LogP contribution in [0.5, 0.6) is 5.75 Å². The van der Waals surface area contributed by atoms with Crippen molar-refractivity contribution in [2.24, 2.45) is 5.92 Å². The zero-order chi connectivity index (χ0) is 29.4. The summed E-state index contributed by atoms with van der Waals surface area (Å²) in [4.78, 5) is 30.6. The molecule has 1 amide bonds. The van der Waals surface area contributed by atoms with E-state index in [2.05, 4.69) is 34.6 Å². The lowest BCUT2D eigenvalue weighted by Crippen LogP contribution is -2.29. The number of aryl methyl sites for hydroxylation is 1. The first-order chi connectivity index (χ1) is 18.8. The van der Waals surface area contributed by atoms with Crippen LogP contribution in [0.15, 0.2) is 72.3 Å². The van der Waals surface area contributed by atoms with E-state index in [1.807, 2.05) is 74.4 Å². The van der Waals surface area contributed by atoms with Crippen LogP contribution in [0.2, 0.25) is 0 Å². The summed E-state index contributed by atoms with van der Waals surface area (Å²) < 4.78 is 5.90. The summed E-state index contributed by atoms with van der Waals surface area (Å²) in [6.07, 6.45) is 0. The molecule has 3 aromatic rings. The maximum Gasteiger partial charge on any atom is 0.300 e. The predicted octanol–water partition coefficient (Wildman–Crippen LogP) is 7.02. The van der Waals surface area contributed by atoms with Crippen LogP contribution in [0.4, 0.5) is 11.4 Å². The average molecular weight is 541 g/mol.